The van der Waals surface area contributed by atoms with Gasteiger partial charge in [-0.15, -0.1) is 6.42 Å². The molecule has 0 aromatic carbocycles. The van der Waals surface area contributed by atoms with Crippen LogP contribution in [-0.2, 0) is 9.84 Å². The summed E-state index contributed by atoms with van der Waals surface area (Å²) in [5, 5.41) is -0.774. The lowest BCUT2D eigenvalue weighted by atomic mass is 9.90. The highest BCUT2D eigenvalue weighted by Gasteiger charge is 2.30. The van der Waals surface area contributed by atoms with Crippen LogP contribution < -0.4 is 0 Å². The third kappa shape index (κ3) is 3.57. The molecule has 0 N–H and O–H groups in total. The van der Waals surface area contributed by atoms with E-state index in [1.807, 2.05) is 20.8 Å². The molecule has 1 unspecified atom stereocenters. The normalized spacial score (nSPS) is 14.0. The summed E-state index contributed by atoms with van der Waals surface area (Å²) in [6.07, 6.45) is 7.22. The van der Waals surface area contributed by atoms with E-state index in [2.05, 4.69) is 10.9 Å². The highest BCUT2D eigenvalue weighted by atomic mass is 32.2. The molecule has 1 rings (SSSR count). The fourth-order valence-corrected chi connectivity index (χ4v) is 3.14. The maximum absolute atomic E-state index is 12.2. The first kappa shape index (κ1) is 13.7. The molecule has 17 heavy (non-hydrogen) atoms. The van der Waals surface area contributed by atoms with Gasteiger partial charge in [0, 0.05) is 6.20 Å². The van der Waals surface area contributed by atoms with Gasteiger partial charge in [0.05, 0.1) is 0 Å². The fourth-order valence-electron chi connectivity index (χ4n) is 1.48. The molecule has 92 valence electrons. The number of aromatic nitrogens is 1. The van der Waals surface area contributed by atoms with Crippen molar-refractivity contribution in [1.29, 1.82) is 0 Å². The van der Waals surface area contributed by atoms with E-state index >= 15 is 0 Å². The Morgan fingerprint density at radius 3 is 2.47 bits per heavy atom. The zero-order valence-electron chi connectivity index (χ0n) is 10.3. The van der Waals surface area contributed by atoms with Gasteiger partial charge in [-0.1, -0.05) is 32.8 Å². The number of hydrogen-bond donors (Lipinski definition) is 0. The quantitative estimate of drug-likeness (QED) is 0.774. The van der Waals surface area contributed by atoms with Gasteiger partial charge in [-0.3, -0.25) is 0 Å². The average Bonchev–Trinajstić information content (AvgIpc) is 2.25. The average molecular weight is 251 g/mol. The number of hydrogen-bond acceptors (Lipinski definition) is 3. The Balaban J connectivity index is 3.10. The van der Waals surface area contributed by atoms with E-state index in [-0.39, 0.29) is 10.4 Å². The largest absolute Gasteiger partial charge is 0.245 e. The van der Waals surface area contributed by atoms with Crippen molar-refractivity contribution in [2.45, 2.75) is 37.5 Å². The van der Waals surface area contributed by atoms with Gasteiger partial charge >= 0.3 is 0 Å². The molecule has 0 aliphatic heterocycles. The number of rotatable bonds is 3. The van der Waals surface area contributed by atoms with E-state index < -0.39 is 15.1 Å². The first-order valence-corrected chi connectivity index (χ1v) is 6.93. The van der Waals surface area contributed by atoms with Gasteiger partial charge in [0.2, 0.25) is 9.84 Å². The van der Waals surface area contributed by atoms with Crippen LogP contribution in [0, 0.1) is 17.8 Å². The summed E-state index contributed by atoms with van der Waals surface area (Å²) in [5.74, 6) is 2.37. The van der Waals surface area contributed by atoms with Gasteiger partial charge in [-0.2, -0.15) is 0 Å². The molecular weight excluding hydrogens is 234 g/mol. The zero-order chi connectivity index (χ0) is 13.1. The minimum absolute atomic E-state index is 0.0483. The Morgan fingerprint density at radius 1 is 1.41 bits per heavy atom. The van der Waals surface area contributed by atoms with Gasteiger partial charge < -0.3 is 0 Å². The van der Waals surface area contributed by atoms with E-state index in [9.17, 15) is 8.42 Å². The Labute approximate surface area is 103 Å². The zero-order valence-corrected chi connectivity index (χ0v) is 11.2. The van der Waals surface area contributed by atoms with Crippen LogP contribution in [0.5, 0.6) is 0 Å². The Bertz CT molecular complexity index is 507. The summed E-state index contributed by atoms with van der Waals surface area (Å²) in [6.45, 7) is 5.89. The molecule has 0 amide bonds. The summed E-state index contributed by atoms with van der Waals surface area (Å²) in [4.78, 5) is 3.87. The minimum Gasteiger partial charge on any atom is -0.245 e. The molecular formula is C13H17NO2S. The maximum atomic E-state index is 12.2. The third-order valence-corrected chi connectivity index (χ3v) is 4.16. The molecule has 1 aromatic rings. The summed E-state index contributed by atoms with van der Waals surface area (Å²) >= 11 is 0. The predicted molar refractivity (Wildman–Crippen MR) is 68.1 cm³/mol. The summed E-state index contributed by atoms with van der Waals surface area (Å²) in [7, 11) is -3.53. The first-order valence-electron chi connectivity index (χ1n) is 5.38. The molecule has 0 bridgehead atoms. The van der Waals surface area contributed by atoms with Crippen molar-refractivity contribution in [2.75, 3.05) is 0 Å². The molecule has 1 heterocycles. The fraction of sp³-hybridized carbons (Fsp3) is 0.462. The van der Waals surface area contributed by atoms with E-state index in [1.165, 1.54) is 12.3 Å². The van der Waals surface area contributed by atoms with Crippen LogP contribution in [0.1, 0.15) is 27.2 Å². The van der Waals surface area contributed by atoms with Gasteiger partial charge in [0.1, 0.15) is 5.25 Å². The second-order valence-electron chi connectivity index (χ2n) is 5.13. The highest BCUT2D eigenvalue weighted by Crippen LogP contribution is 2.26. The SMILES string of the molecule is C#CC(CC(C)(C)C)S(=O)(=O)c1ccccn1. The van der Waals surface area contributed by atoms with E-state index in [0.29, 0.717) is 6.42 Å². The maximum Gasteiger partial charge on any atom is 0.209 e. The number of nitrogens with zero attached hydrogens (tertiary/aromatic N) is 1. The molecule has 0 fully saturated rings. The van der Waals surface area contributed by atoms with Crippen LogP contribution in [0.15, 0.2) is 29.4 Å². The Hall–Kier alpha value is -1.34. The van der Waals surface area contributed by atoms with Crippen LogP contribution in [-0.4, -0.2) is 18.7 Å². The number of sulfone groups is 1. The molecule has 3 nitrogen and oxygen atoms in total. The van der Waals surface area contributed by atoms with E-state index in [0.717, 1.165) is 0 Å². The first-order chi connectivity index (χ1) is 7.77. The van der Waals surface area contributed by atoms with Gasteiger partial charge in [-0.25, -0.2) is 13.4 Å². The van der Waals surface area contributed by atoms with Crippen molar-refractivity contribution in [3.63, 3.8) is 0 Å². The summed E-state index contributed by atoms with van der Waals surface area (Å²) < 4.78 is 24.5. The van der Waals surface area contributed by atoms with Crippen LogP contribution in [0.2, 0.25) is 0 Å². The van der Waals surface area contributed by atoms with Gasteiger partial charge in [-0.05, 0) is 24.0 Å². The molecule has 1 aromatic heterocycles. The molecule has 0 saturated carbocycles. The molecule has 4 heteroatoms. The van der Waals surface area contributed by atoms with Gasteiger partial charge in [0.25, 0.3) is 0 Å². The summed E-state index contributed by atoms with van der Waals surface area (Å²) in [6, 6.07) is 4.79. The molecule has 0 aliphatic rings. The standard InChI is InChI=1S/C13H17NO2S/c1-5-11(10-13(2,3)4)17(15,16)12-8-6-7-9-14-12/h1,6-9,11H,10H2,2-4H3. The molecule has 0 saturated heterocycles. The van der Waals surface area contributed by atoms with E-state index in [4.69, 9.17) is 6.42 Å². The Morgan fingerprint density at radius 2 is 2.06 bits per heavy atom. The second kappa shape index (κ2) is 4.89. The predicted octanol–water partition coefficient (Wildman–Crippen LogP) is 2.29. The molecule has 1 atom stereocenters. The molecule has 0 aliphatic carbocycles. The number of pyridine rings is 1. The smallest absolute Gasteiger partial charge is 0.209 e. The van der Waals surface area contributed by atoms with Crippen molar-refractivity contribution in [3.8, 4) is 12.3 Å². The topological polar surface area (TPSA) is 47.0 Å². The lowest BCUT2D eigenvalue weighted by Gasteiger charge is -2.22. The van der Waals surface area contributed by atoms with Crippen LogP contribution in [0.25, 0.3) is 0 Å². The van der Waals surface area contributed by atoms with Gasteiger partial charge in [0.15, 0.2) is 5.03 Å². The lowest BCUT2D eigenvalue weighted by Crippen LogP contribution is -2.26. The lowest BCUT2D eigenvalue weighted by molar-refractivity contribution is 0.382. The van der Waals surface area contributed by atoms with Crippen molar-refractivity contribution in [1.82, 2.24) is 4.98 Å². The second-order valence-corrected chi connectivity index (χ2v) is 7.21. The van der Waals surface area contributed by atoms with Crippen molar-refractivity contribution < 1.29 is 8.42 Å². The highest BCUT2D eigenvalue weighted by molar-refractivity contribution is 7.92. The number of terminal acetylenes is 1. The van der Waals surface area contributed by atoms with E-state index in [1.54, 1.807) is 12.1 Å². The van der Waals surface area contributed by atoms with Crippen molar-refractivity contribution in [3.05, 3.63) is 24.4 Å². The summed E-state index contributed by atoms with van der Waals surface area (Å²) in [5.41, 5.74) is -0.140. The van der Waals surface area contributed by atoms with Crippen LogP contribution >= 0.6 is 0 Å². The third-order valence-electron chi connectivity index (χ3n) is 2.29. The Kier molecular flexibility index (Phi) is 3.94. The molecule has 0 spiro atoms. The van der Waals surface area contributed by atoms with Crippen molar-refractivity contribution >= 4 is 9.84 Å². The monoisotopic (exact) mass is 251 g/mol. The van der Waals surface area contributed by atoms with Crippen molar-refractivity contribution in [2.24, 2.45) is 5.41 Å². The minimum atomic E-state index is -3.53. The van der Waals surface area contributed by atoms with Crippen LogP contribution in [0.3, 0.4) is 0 Å². The molecule has 0 radical (unpaired) electrons. The van der Waals surface area contributed by atoms with Crippen LogP contribution in [0.4, 0.5) is 0 Å².